The van der Waals surface area contributed by atoms with E-state index in [-0.39, 0.29) is 11.7 Å². The van der Waals surface area contributed by atoms with Crippen LogP contribution in [0.1, 0.15) is 35.4 Å². The van der Waals surface area contributed by atoms with Gasteiger partial charge in [-0.2, -0.15) is 0 Å². The summed E-state index contributed by atoms with van der Waals surface area (Å²) < 4.78 is 2.15. The Morgan fingerprint density at radius 3 is 2.41 bits per heavy atom. The number of hydrogen-bond acceptors (Lipinski definition) is 5. The van der Waals surface area contributed by atoms with E-state index in [1.807, 2.05) is 35.2 Å². The van der Waals surface area contributed by atoms with Gasteiger partial charge in [0.25, 0.3) is 0 Å². The van der Waals surface area contributed by atoms with Crippen LogP contribution in [0.2, 0.25) is 0 Å². The molecule has 0 atom stereocenters. The summed E-state index contributed by atoms with van der Waals surface area (Å²) in [4.78, 5) is 23.6. The van der Waals surface area contributed by atoms with Gasteiger partial charge in [0.2, 0.25) is 5.91 Å². The van der Waals surface area contributed by atoms with Crippen molar-refractivity contribution in [3.8, 4) is 0 Å². The van der Waals surface area contributed by atoms with Crippen LogP contribution >= 0.6 is 0 Å². The second-order valence-corrected chi connectivity index (χ2v) is 13.0. The number of para-hydroxylation sites is 1. The van der Waals surface area contributed by atoms with E-state index in [2.05, 4.69) is 107 Å². The van der Waals surface area contributed by atoms with E-state index in [1.165, 1.54) is 10.9 Å². The van der Waals surface area contributed by atoms with Crippen molar-refractivity contribution in [2.45, 2.75) is 38.3 Å². The van der Waals surface area contributed by atoms with E-state index < -0.39 is 0 Å². The van der Waals surface area contributed by atoms with Crippen LogP contribution in [0.5, 0.6) is 0 Å². The largest absolute Gasteiger partial charge is 0.384 e. The molecule has 4 N–H and O–H groups in total. The number of rotatable bonds is 11. The van der Waals surface area contributed by atoms with Crippen LogP contribution in [0, 0.1) is 5.41 Å². The predicted molar refractivity (Wildman–Crippen MR) is 200 cm³/mol. The monoisotopic (exact) mass is 649 g/mol. The lowest BCUT2D eigenvalue weighted by molar-refractivity contribution is -0.120. The number of carbonyl (C=O) groups excluding carboxylic acids is 1. The molecule has 8 heteroatoms. The van der Waals surface area contributed by atoms with Crippen LogP contribution in [-0.2, 0) is 31.2 Å². The van der Waals surface area contributed by atoms with Crippen molar-refractivity contribution < 1.29 is 4.79 Å². The molecular formula is C41H43N7O. The third-order valence-electron chi connectivity index (χ3n) is 9.77. The topological polar surface area (TPSA) is 103 Å². The number of aryl methyl sites for hydroxylation is 3. The maximum Gasteiger partial charge on any atom is 0.241 e. The molecule has 0 aliphatic carbocycles. The number of nitrogen functional groups attached to an aromatic ring is 1. The quantitative estimate of drug-likeness (QED) is 0.105. The van der Waals surface area contributed by atoms with Gasteiger partial charge in [0.1, 0.15) is 11.7 Å². The number of amidine groups is 1. The maximum absolute atomic E-state index is 14.3. The fraction of sp³-hybridized carbons (Fsp3) is 0.244. The molecule has 248 valence electrons. The normalized spacial score (nSPS) is 13.9. The first-order valence-electron chi connectivity index (χ1n) is 17.1. The average molecular weight is 650 g/mol. The lowest BCUT2D eigenvalue weighted by Crippen LogP contribution is -2.45. The van der Waals surface area contributed by atoms with Gasteiger partial charge in [0.05, 0.1) is 24.1 Å². The molecule has 1 aliphatic rings. The highest BCUT2D eigenvalue weighted by molar-refractivity contribution is 5.98. The minimum Gasteiger partial charge on any atom is -0.384 e. The highest BCUT2D eigenvalue weighted by Crippen LogP contribution is 2.28. The third-order valence-corrected chi connectivity index (χ3v) is 9.77. The van der Waals surface area contributed by atoms with Crippen molar-refractivity contribution in [1.82, 2.24) is 14.5 Å². The number of likely N-dealkylation sites (tertiary alicyclic amines) is 1. The number of hydrogen-bond donors (Lipinski definition) is 3. The van der Waals surface area contributed by atoms with Crippen LogP contribution < -0.4 is 16.0 Å². The first kappa shape index (κ1) is 32.1. The lowest BCUT2D eigenvalue weighted by atomic mass is 10.0. The number of piperidine rings is 1. The van der Waals surface area contributed by atoms with Gasteiger partial charge in [-0.25, -0.2) is 4.98 Å². The van der Waals surface area contributed by atoms with Crippen molar-refractivity contribution in [2.75, 3.05) is 29.9 Å². The van der Waals surface area contributed by atoms with Crippen molar-refractivity contribution in [1.29, 1.82) is 5.41 Å². The Kier molecular flexibility index (Phi) is 9.39. The molecule has 1 amide bonds. The Bertz CT molecular complexity index is 2070. The summed E-state index contributed by atoms with van der Waals surface area (Å²) in [6.07, 6.45) is 3.59. The number of anilines is 2. The molecule has 0 spiro atoms. The van der Waals surface area contributed by atoms with E-state index >= 15 is 0 Å². The predicted octanol–water partition coefficient (Wildman–Crippen LogP) is 6.91. The molecule has 1 saturated heterocycles. The van der Waals surface area contributed by atoms with Crippen molar-refractivity contribution in [3.05, 3.63) is 138 Å². The maximum atomic E-state index is 14.3. The molecule has 0 radical (unpaired) electrons. The van der Waals surface area contributed by atoms with Crippen LogP contribution in [0.4, 0.5) is 11.4 Å². The number of aromatic nitrogens is 2. The van der Waals surface area contributed by atoms with E-state index in [1.54, 1.807) is 0 Å². The van der Waals surface area contributed by atoms with Crippen molar-refractivity contribution >= 4 is 44.9 Å². The van der Waals surface area contributed by atoms with E-state index in [0.29, 0.717) is 19.1 Å². The Hall–Kier alpha value is -5.47. The van der Waals surface area contributed by atoms with E-state index in [9.17, 15) is 4.79 Å². The van der Waals surface area contributed by atoms with Gasteiger partial charge in [0, 0.05) is 49.5 Å². The van der Waals surface area contributed by atoms with E-state index in [0.717, 1.165) is 83.5 Å². The average Bonchev–Trinajstić information content (AvgIpc) is 3.45. The van der Waals surface area contributed by atoms with Crippen LogP contribution in [0.3, 0.4) is 0 Å². The minimum atomic E-state index is 0.0754. The number of nitrogens with zero attached hydrogens (tertiary/aromatic N) is 4. The molecule has 1 aliphatic heterocycles. The number of nitrogens with two attached hydrogens (primary N) is 1. The van der Waals surface area contributed by atoms with E-state index in [4.69, 9.17) is 16.1 Å². The van der Waals surface area contributed by atoms with Crippen LogP contribution in [0.15, 0.2) is 115 Å². The van der Waals surface area contributed by atoms with Gasteiger partial charge in [0.15, 0.2) is 0 Å². The fourth-order valence-electron chi connectivity index (χ4n) is 6.94. The summed E-state index contributed by atoms with van der Waals surface area (Å²) in [5.41, 5.74) is 12.6. The van der Waals surface area contributed by atoms with Gasteiger partial charge < -0.3 is 20.5 Å². The second-order valence-electron chi connectivity index (χ2n) is 13.0. The number of imidazole rings is 1. The van der Waals surface area contributed by atoms with Gasteiger partial charge in [-0.05, 0) is 71.5 Å². The first-order valence-corrected chi connectivity index (χ1v) is 17.1. The van der Waals surface area contributed by atoms with Gasteiger partial charge in [-0.3, -0.25) is 15.1 Å². The highest BCUT2D eigenvalue weighted by Gasteiger charge is 2.25. The van der Waals surface area contributed by atoms with Crippen molar-refractivity contribution in [3.63, 3.8) is 0 Å². The number of benzene rings is 5. The zero-order valence-corrected chi connectivity index (χ0v) is 28.0. The zero-order chi connectivity index (χ0) is 33.7. The standard InChI is InChI=1S/C41H43N7O/c1-46-38-20-19-35(26-37(38)45-39(46)21-16-29-14-17-31(18-15-29)41(42)43)48(27-32-10-7-9-30-8-5-6-13-36(30)32)40(49)28-47-24-22-34(23-25-47)44-33-11-3-2-4-12-33/h2-15,17-20,26,34,44H,16,21-25,27-28H2,1H3,(H3,42,43). The van der Waals surface area contributed by atoms with Crippen LogP contribution in [-0.4, -0.2) is 51.9 Å². The summed E-state index contributed by atoms with van der Waals surface area (Å²) in [5.74, 6) is 1.15. The molecule has 8 nitrogen and oxygen atoms in total. The molecule has 0 saturated carbocycles. The zero-order valence-electron chi connectivity index (χ0n) is 28.0. The minimum absolute atomic E-state index is 0.0754. The third kappa shape index (κ3) is 7.34. The first-order chi connectivity index (χ1) is 23.9. The summed E-state index contributed by atoms with van der Waals surface area (Å²) in [6, 6.07) is 39.5. The number of amides is 1. The molecule has 0 unspecified atom stereocenters. The molecule has 5 aromatic carbocycles. The van der Waals surface area contributed by atoms with Crippen molar-refractivity contribution in [2.24, 2.45) is 12.8 Å². The number of nitrogens with one attached hydrogen (secondary N) is 2. The lowest BCUT2D eigenvalue weighted by Gasteiger charge is -2.34. The van der Waals surface area contributed by atoms with Gasteiger partial charge in [-0.1, -0.05) is 84.9 Å². The van der Waals surface area contributed by atoms with Gasteiger partial charge in [-0.15, -0.1) is 0 Å². The molecule has 7 rings (SSSR count). The molecule has 2 heterocycles. The Morgan fingerprint density at radius 2 is 1.63 bits per heavy atom. The smallest absolute Gasteiger partial charge is 0.241 e. The second kappa shape index (κ2) is 14.3. The SMILES string of the molecule is Cn1c(CCc2ccc(C(=N)N)cc2)nc2cc(N(Cc3cccc4ccccc34)C(=O)CN3CCC(Nc4ccccc4)CC3)ccc21. The molecule has 0 bridgehead atoms. The molecular weight excluding hydrogens is 606 g/mol. The summed E-state index contributed by atoms with van der Waals surface area (Å²) in [7, 11) is 2.05. The molecule has 6 aromatic rings. The fourth-order valence-corrected chi connectivity index (χ4v) is 6.94. The Labute approximate surface area is 287 Å². The number of carbonyl (C=O) groups is 1. The Morgan fingerprint density at radius 1 is 0.898 bits per heavy atom. The highest BCUT2D eigenvalue weighted by atomic mass is 16.2. The number of fused-ring (bicyclic) bond motifs is 2. The summed E-state index contributed by atoms with van der Waals surface area (Å²) in [6.45, 7) is 2.60. The molecule has 1 fully saturated rings. The molecule has 49 heavy (non-hydrogen) atoms. The summed E-state index contributed by atoms with van der Waals surface area (Å²) in [5, 5.41) is 13.6. The Balaban J connectivity index is 1.11. The van der Waals surface area contributed by atoms with Crippen LogP contribution in [0.25, 0.3) is 21.8 Å². The molecule has 1 aromatic heterocycles. The summed E-state index contributed by atoms with van der Waals surface area (Å²) >= 11 is 0. The van der Waals surface area contributed by atoms with Gasteiger partial charge >= 0.3 is 0 Å².